The van der Waals surface area contributed by atoms with Gasteiger partial charge in [0.2, 0.25) is 5.91 Å². The van der Waals surface area contributed by atoms with Crippen molar-refractivity contribution in [1.29, 1.82) is 0 Å². The number of unbranched alkanes of at least 4 members (excludes halogenated alkanes) is 26. The minimum absolute atomic E-state index is 0.0870. The molecule has 4 nitrogen and oxygen atoms in total. The first-order valence-corrected chi connectivity index (χ1v) is 25.3. The molecule has 59 heavy (non-hydrogen) atoms. The molecular formula is C55H97NO3. The first kappa shape index (κ1) is 56.6. The molecule has 0 rings (SSSR count). The van der Waals surface area contributed by atoms with E-state index >= 15 is 0 Å². The third-order valence-electron chi connectivity index (χ3n) is 11.1. The molecule has 1 amide bonds. The van der Waals surface area contributed by atoms with Crippen molar-refractivity contribution >= 4 is 5.91 Å². The van der Waals surface area contributed by atoms with Gasteiger partial charge in [-0.2, -0.15) is 0 Å². The normalized spacial score (nSPS) is 13.6. The zero-order valence-corrected chi connectivity index (χ0v) is 39.0. The Morgan fingerprint density at radius 2 is 0.763 bits per heavy atom. The van der Waals surface area contributed by atoms with Gasteiger partial charge in [-0.15, -0.1) is 0 Å². The highest BCUT2D eigenvalue weighted by molar-refractivity contribution is 5.76. The van der Waals surface area contributed by atoms with Gasteiger partial charge in [-0.05, 0) is 77.0 Å². The van der Waals surface area contributed by atoms with Crippen LogP contribution in [0.4, 0.5) is 0 Å². The second kappa shape index (κ2) is 49.9. The van der Waals surface area contributed by atoms with Crippen molar-refractivity contribution in [2.75, 3.05) is 6.61 Å². The lowest BCUT2D eigenvalue weighted by atomic mass is 10.0. The van der Waals surface area contributed by atoms with Crippen LogP contribution in [-0.4, -0.2) is 34.9 Å². The van der Waals surface area contributed by atoms with Crippen LogP contribution in [-0.2, 0) is 4.79 Å². The summed E-state index contributed by atoms with van der Waals surface area (Å²) in [7, 11) is 0. The van der Waals surface area contributed by atoms with Crippen LogP contribution in [0, 0.1) is 0 Å². The van der Waals surface area contributed by atoms with Crippen LogP contribution in [0.3, 0.4) is 0 Å². The number of rotatable bonds is 45. The molecule has 0 aromatic rings. The molecule has 4 heteroatoms. The molecule has 0 aromatic carbocycles. The number of aliphatic hydroxyl groups excluding tert-OH is 2. The van der Waals surface area contributed by atoms with Gasteiger partial charge in [-0.1, -0.05) is 240 Å². The summed E-state index contributed by atoms with van der Waals surface area (Å²) in [5.74, 6) is -0.0870. The Hall–Kier alpha value is -2.43. The maximum absolute atomic E-state index is 12.4. The zero-order valence-electron chi connectivity index (χ0n) is 39.0. The largest absolute Gasteiger partial charge is 0.394 e. The quantitative estimate of drug-likeness (QED) is 0.0423. The Bertz CT molecular complexity index is 1070. The number of hydrogen-bond acceptors (Lipinski definition) is 3. The van der Waals surface area contributed by atoms with E-state index in [1.54, 1.807) is 6.08 Å². The fraction of sp³-hybridized carbons (Fsp3) is 0.727. The molecule has 3 N–H and O–H groups in total. The molecule has 0 aromatic heterocycles. The van der Waals surface area contributed by atoms with Crippen molar-refractivity contribution in [3.63, 3.8) is 0 Å². The summed E-state index contributed by atoms with van der Waals surface area (Å²) in [6, 6.07) is -0.651. The molecule has 2 atom stereocenters. The monoisotopic (exact) mass is 820 g/mol. The van der Waals surface area contributed by atoms with Crippen molar-refractivity contribution in [2.45, 2.75) is 251 Å². The molecule has 0 spiro atoms. The highest BCUT2D eigenvalue weighted by Crippen LogP contribution is 2.15. The van der Waals surface area contributed by atoms with Crippen molar-refractivity contribution in [3.05, 3.63) is 85.1 Å². The van der Waals surface area contributed by atoms with E-state index in [1.807, 2.05) is 6.08 Å². The van der Waals surface area contributed by atoms with Crippen LogP contribution in [0.5, 0.6) is 0 Å². The van der Waals surface area contributed by atoms with Crippen molar-refractivity contribution in [1.82, 2.24) is 5.32 Å². The summed E-state index contributed by atoms with van der Waals surface area (Å²) < 4.78 is 0. The summed E-state index contributed by atoms with van der Waals surface area (Å²) in [6.07, 6.45) is 72.9. The minimum Gasteiger partial charge on any atom is -0.394 e. The van der Waals surface area contributed by atoms with Crippen molar-refractivity contribution in [3.8, 4) is 0 Å². The number of hydrogen-bond donors (Lipinski definition) is 3. The van der Waals surface area contributed by atoms with Gasteiger partial charge in [-0.25, -0.2) is 0 Å². The molecule has 0 saturated carbocycles. The number of nitrogens with one attached hydrogen (secondary N) is 1. The molecule has 0 saturated heterocycles. The molecule has 2 unspecified atom stereocenters. The van der Waals surface area contributed by atoms with E-state index in [2.05, 4.69) is 92.1 Å². The third-order valence-corrected chi connectivity index (χ3v) is 11.1. The van der Waals surface area contributed by atoms with Gasteiger partial charge in [0.15, 0.2) is 0 Å². The number of carbonyl (C=O) groups excluding carboxylic acids is 1. The van der Waals surface area contributed by atoms with Crippen LogP contribution in [0.2, 0.25) is 0 Å². The van der Waals surface area contributed by atoms with Crippen LogP contribution in [0.1, 0.15) is 239 Å². The highest BCUT2D eigenvalue weighted by Gasteiger charge is 2.17. The Morgan fingerprint density at radius 3 is 1.19 bits per heavy atom. The van der Waals surface area contributed by atoms with Gasteiger partial charge in [-0.3, -0.25) is 4.79 Å². The van der Waals surface area contributed by atoms with Crippen LogP contribution < -0.4 is 5.32 Å². The topological polar surface area (TPSA) is 69.6 Å². The van der Waals surface area contributed by atoms with E-state index in [1.165, 1.54) is 141 Å². The molecular weight excluding hydrogens is 723 g/mol. The average molecular weight is 820 g/mol. The second-order valence-corrected chi connectivity index (χ2v) is 16.8. The Kier molecular flexibility index (Phi) is 47.9. The van der Waals surface area contributed by atoms with Gasteiger partial charge in [0.1, 0.15) is 0 Å². The number of amides is 1. The predicted octanol–water partition coefficient (Wildman–Crippen LogP) is 16.4. The van der Waals surface area contributed by atoms with E-state index in [4.69, 9.17) is 0 Å². The highest BCUT2D eigenvalue weighted by atomic mass is 16.3. The van der Waals surface area contributed by atoms with Crippen LogP contribution >= 0.6 is 0 Å². The second-order valence-electron chi connectivity index (χ2n) is 16.8. The molecule has 0 heterocycles. The van der Waals surface area contributed by atoms with E-state index in [0.29, 0.717) is 6.42 Å². The smallest absolute Gasteiger partial charge is 0.220 e. The maximum Gasteiger partial charge on any atom is 0.220 e. The molecule has 0 aliphatic carbocycles. The van der Waals surface area contributed by atoms with Crippen molar-refractivity contribution in [2.24, 2.45) is 0 Å². The summed E-state index contributed by atoms with van der Waals surface area (Å²) in [4.78, 5) is 12.4. The number of aliphatic hydroxyl groups is 2. The number of allylic oxidation sites excluding steroid dienone is 13. The van der Waals surface area contributed by atoms with Gasteiger partial charge in [0.05, 0.1) is 18.8 Å². The van der Waals surface area contributed by atoms with Gasteiger partial charge in [0, 0.05) is 6.42 Å². The van der Waals surface area contributed by atoms with Gasteiger partial charge < -0.3 is 15.5 Å². The number of carbonyl (C=O) groups is 1. The Morgan fingerprint density at radius 1 is 0.424 bits per heavy atom. The van der Waals surface area contributed by atoms with Gasteiger partial charge >= 0.3 is 0 Å². The lowest BCUT2D eigenvalue weighted by Crippen LogP contribution is -2.45. The van der Waals surface area contributed by atoms with Crippen LogP contribution in [0.25, 0.3) is 0 Å². The van der Waals surface area contributed by atoms with Crippen molar-refractivity contribution < 1.29 is 15.0 Å². The van der Waals surface area contributed by atoms with Gasteiger partial charge in [0.25, 0.3) is 0 Å². The molecule has 0 bridgehead atoms. The SMILES string of the molecule is CC/C=C\C/C=C\C/C=C\C/C=C\C/C=C\CCCCCCCCCC(=O)NC(CO)C(O)/C=C/CC/C=C/CCCCCCCCCCCCCCCCCCCC. The van der Waals surface area contributed by atoms with E-state index in [-0.39, 0.29) is 12.5 Å². The lowest BCUT2D eigenvalue weighted by Gasteiger charge is -2.19. The lowest BCUT2D eigenvalue weighted by molar-refractivity contribution is -0.123. The molecule has 0 radical (unpaired) electrons. The summed E-state index contributed by atoms with van der Waals surface area (Å²) >= 11 is 0. The summed E-state index contributed by atoms with van der Waals surface area (Å²) in [5, 5.41) is 23.1. The summed E-state index contributed by atoms with van der Waals surface area (Å²) in [5.41, 5.74) is 0. The fourth-order valence-corrected chi connectivity index (χ4v) is 7.28. The van der Waals surface area contributed by atoms with E-state index in [0.717, 1.165) is 77.0 Å². The molecule has 0 aliphatic rings. The molecule has 0 aliphatic heterocycles. The Labute approximate surface area is 367 Å². The first-order valence-electron chi connectivity index (χ1n) is 25.3. The zero-order chi connectivity index (χ0) is 42.8. The average Bonchev–Trinajstić information content (AvgIpc) is 3.24. The fourth-order valence-electron chi connectivity index (χ4n) is 7.28. The molecule has 340 valence electrons. The summed E-state index contributed by atoms with van der Waals surface area (Å²) in [6.45, 7) is 4.19. The third kappa shape index (κ3) is 46.5. The standard InChI is InChI=1S/C55H97NO3/c1-3-5-7-9-11-13-15-17-19-21-23-25-27-29-30-32-34-36-38-40-42-44-46-48-50-54(58)53(52-57)56-55(59)51-49-47-45-43-41-39-37-35-33-31-28-26-24-22-20-18-16-14-12-10-8-6-4-2/h6,8,12,14,18,20,24,26,31,33,40,42,48,50,53-54,57-58H,3-5,7,9-11,13,15-17,19,21-23,25,27-30,32,34-39,41,43-47,49,51-52H2,1-2H3,(H,56,59)/b8-6-,14-12-,20-18-,26-24-,33-31-,42-40+,50-48+. The Balaban J connectivity index is 3.62. The first-order chi connectivity index (χ1) is 29.2. The molecule has 0 fully saturated rings. The van der Waals surface area contributed by atoms with E-state index in [9.17, 15) is 15.0 Å². The minimum atomic E-state index is -0.873. The maximum atomic E-state index is 12.4. The van der Waals surface area contributed by atoms with E-state index < -0.39 is 12.1 Å². The van der Waals surface area contributed by atoms with Crippen LogP contribution in [0.15, 0.2) is 85.1 Å². The predicted molar refractivity (Wildman–Crippen MR) is 262 cm³/mol.